The first-order valence-corrected chi connectivity index (χ1v) is 8.40. The van der Waals surface area contributed by atoms with Crippen molar-refractivity contribution in [2.45, 2.75) is 51.4 Å². The number of rotatable bonds is 13. The van der Waals surface area contributed by atoms with Gasteiger partial charge < -0.3 is 9.84 Å². The van der Waals surface area contributed by atoms with Gasteiger partial charge in [-0.05, 0) is 25.7 Å². The summed E-state index contributed by atoms with van der Waals surface area (Å²) < 4.78 is 5.54. The summed E-state index contributed by atoms with van der Waals surface area (Å²) in [6.07, 6.45) is 9.41. The highest BCUT2D eigenvalue weighted by Gasteiger charge is 1.92. The second-order valence-corrected chi connectivity index (χ2v) is 5.44. The molecule has 0 aliphatic carbocycles. The van der Waals surface area contributed by atoms with E-state index in [1.54, 1.807) is 10.8 Å². The van der Waals surface area contributed by atoms with Crippen LogP contribution in [-0.4, -0.2) is 30.7 Å². The molecule has 0 rings (SSSR count). The first kappa shape index (κ1) is 16.6. The first-order valence-electron chi connectivity index (χ1n) is 6.36. The quantitative estimate of drug-likeness (QED) is 0.303. The Labute approximate surface area is 109 Å². The summed E-state index contributed by atoms with van der Waals surface area (Å²) in [6, 6.07) is 0. The Bertz CT molecular complexity index is 110. The predicted molar refractivity (Wildman–Crippen MR) is 76.3 cm³/mol. The number of unbranched alkanes of at least 4 members (excludes halogenated alkanes) is 6. The molecule has 0 aromatic rings. The summed E-state index contributed by atoms with van der Waals surface area (Å²) in [5, 5.41) is 8.59. The van der Waals surface area contributed by atoms with Gasteiger partial charge in [0.15, 0.2) is 0 Å². The molecule has 0 aromatic heterocycles. The van der Waals surface area contributed by atoms with Crippen LogP contribution in [0.4, 0.5) is 0 Å². The molecule has 0 spiro atoms. The Morgan fingerprint density at radius 3 is 1.94 bits per heavy atom. The molecule has 0 aromatic carbocycles. The number of hydrogen-bond acceptors (Lipinski definition) is 4. The number of thiol groups is 1. The van der Waals surface area contributed by atoms with E-state index >= 15 is 0 Å². The Kier molecular flexibility index (Phi) is 16.2. The summed E-state index contributed by atoms with van der Waals surface area (Å²) in [5.41, 5.74) is 0. The minimum absolute atomic E-state index is 0.325. The molecule has 0 aliphatic rings. The molecule has 2 nitrogen and oxygen atoms in total. The Morgan fingerprint density at radius 2 is 1.38 bits per heavy atom. The van der Waals surface area contributed by atoms with Gasteiger partial charge in [-0.3, -0.25) is 0 Å². The standard InChI is InChI=1S/C12H26O2S2/c13-9-5-1-2-6-10-14-11-7-3-4-8-12-16-15/h13,15H,1-12H2. The minimum atomic E-state index is 0.325. The second-order valence-electron chi connectivity index (χ2n) is 4.00. The lowest BCUT2D eigenvalue weighted by atomic mass is 10.2. The minimum Gasteiger partial charge on any atom is -0.396 e. The van der Waals surface area contributed by atoms with Gasteiger partial charge in [-0.1, -0.05) is 36.5 Å². The van der Waals surface area contributed by atoms with Crippen LogP contribution in [0.3, 0.4) is 0 Å². The highest BCUT2D eigenvalue weighted by atomic mass is 33.1. The van der Waals surface area contributed by atoms with E-state index in [-0.39, 0.29) is 0 Å². The smallest absolute Gasteiger partial charge is 0.0466 e. The summed E-state index contributed by atoms with van der Waals surface area (Å²) in [6.45, 7) is 2.12. The molecular formula is C12H26O2S2. The Hall–Kier alpha value is 0.620. The van der Waals surface area contributed by atoms with Crippen LogP contribution in [-0.2, 0) is 4.74 Å². The molecule has 0 bridgehead atoms. The van der Waals surface area contributed by atoms with E-state index < -0.39 is 0 Å². The fourth-order valence-electron chi connectivity index (χ4n) is 1.50. The fourth-order valence-corrected chi connectivity index (χ4v) is 2.22. The third-order valence-corrected chi connectivity index (χ3v) is 3.49. The van der Waals surface area contributed by atoms with E-state index in [1.807, 2.05) is 0 Å². The van der Waals surface area contributed by atoms with E-state index in [4.69, 9.17) is 9.84 Å². The van der Waals surface area contributed by atoms with Crippen molar-refractivity contribution in [2.75, 3.05) is 25.6 Å². The summed E-state index contributed by atoms with van der Waals surface area (Å²) in [5.74, 6) is 1.16. The van der Waals surface area contributed by atoms with Gasteiger partial charge in [0.1, 0.15) is 0 Å². The van der Waals surface area contributed by atoms with Gasteiger partial charge in [-0.25, -0.2) is 0 Å². The zero-order valence-corrected chi connectivity index (χ0v) is 11.9. The summed E-state index contributed by atoms with van der Waals surface area (Å²) >= 11 is 4.10. The molecule has 0 atom stereocenters. The molecule has 0 heterocycles. The van der Waals surface area contributed by atoms with Crippen molar-refractivity contribution in [2.24, 2.45) is 0 Å². The number of aliphatic hydroxyl groups excluding tert-OH is 1. The maximum absolute atomic E-state index is 8.59. The lowest BCUT2D eigenvalue weighted by molar-refractivity contribution is 0.125. The SMILES string of the molecule is OCCCCCCOCCCCCCSS. The summed E-state index contributed by atoms with van der Waals surface area (Å²) in [7, 11) is 1.63. The normalized spacial score (nSPS) is 10.9. The fraction of sp³-hybridized carbons (Fsp3) is 1.00. The number of hydrogen-bond donors (Lipinski definition) is 2. The highest BCUT2D eigenvalue weighted by molar-refractivity contribution is 8.68. The zero-order valence-electron chi connectivity index (χ0n) is 10.2. The van der Waals surface area contributed by atoms with Crippen LogP contribution >= 0.6 is 22.5 Å². The molecule has 98 valence electrons. The molecule has 0 fully saturated rings. The molecule has 0 saturated carbocycles. The van der Waals surface area contributed by atoms with Gasteiger partial charge >= 0.3 is 0 Å². The van der Waals surface area contributed by atoms with E-state index in [9.17, 15) is 0 Å². The number of ether oxygens (including phenoxy) is 1. The van der Waals surface area contributed by atoms with Crippen molar-refractivity contribution in [3.8, 4) is 0 Å². The first-order chi connectivity index (χ1) is 7.91. The van der Waals surface area contributed by atoms with Crippen molar-refractivity contribution in [3.05, 3.63) is 0 Å². The lowest BCUT2D eigenvalue weighted by Crippen LogP contribution is -1.97. The predicted octanol–water partition coefficient (Wildman–Crippen LogP) is 3.69. The van der Waals surface area contributed by atoms with Crippen molar-refractivity contribution < 1.29 is 9.84 Å². The van der Waals surface area contributed by atoms with E-state index in [0.29, 0.717) is 6.61 Å². The molecule has 16 heavy (non-hydrogen) atoms. The van der Waals surface area contributed by atoms with Gasteiger partial charge in [0.2, 0.25) is 0 Å². The second kappa shape index (κ2) is 15.6. The average molecular weight is 266 g/mol. The molecule has 0 radical (unpaired) electrons. The maximum atomic E-state index is 8.59. The average Bonchev–Trinajstić information content (AvgIpc) is 2.31. The van der Waals surface area contributed by atoms with E-state index in [2.05, 4.69) is 11.7 Å². The molecule has 0 amide bonds. The molecule has 4 heteroatoms. The van der Waals surface area contributed by atoms with Crippen LogP contribution in [0.25, 0.3) is 0 Å². The van der Waals surface area contributed by atoms with Crippen LogP contribution in [0.2, 0.25) is 0 Å². The topological polar surface area (TPSA) is 29.5 Å². The third-order valence-electron chi connectivity index (χ3n) is 2.47. The van der Waals surface area contributed by atoms with Gasteiger partial charge in [-0.15, -0.1) is 11.7 Å². The molecular weight excluding hydrogens is 240 g/mol. The Balaban J connectivity index is 2.83. The van der Waals surface area contributed by atoms with E-state index in [1.165, 1.54) is 32.1 Å². The van der Waals surface area contributed by atoms with Crippen LogP contribution < -0.4 is 0 Å². The lowest BCUT2D eigenvalue weighted by Gasteiger charge is -2.04. The van der Waals surface area contributed by atoms with Gasteiger partial charge in [0.25, 0.3) is 0 Å². The molecule has 0 unspecified atom stereocenters. The van der Waals surface area contributed by atoms with Crippen molar-refractivity contribution in [3.63, 3.8) is 0 Å². The maximum Gasteiger partial charge on any atom is 0.0466 e. The van der Waals surface area contributed by atoms with Gasteiger partial charge in [-0.2, -0.15) is 0 Å². The molecule has 0 saturated heterocycles. The third kappa shape index (κ3) is 14.6. The summed E-state index contributed by atoms with van der Waals surface area (Å²) in [4.78, 5) is 0. The molecule has 0 aliphatic heterocycles. The van der Waals surface area contributed by atoms with Crippen LogP contribution in [0.1, 0.15) is 51.4 Å². The Morgan fingerprint density at radius 1 is 0.812 bits per heavy atom. The van der Waals surface area contributed by atoms with Gasteiger partial charge in [0.05, 0.1) is 0 Å². The van der Waals surface area contributed by atoms with Crippen molar-refractivity contribution in [1.82, 2.24) is 0 Å². The van der Waals surface area contributed by atoms with E-state index in [0.717, 1.165) is 38.2 Å². The number of aliphatic hydroxyl groups is 1. The monoisotopic (exact) mass is 266 g/mol. The van der Waals surface area contributed by atoms with Crippen molar-refractivity contribution in [1.29, 1.82) is 0 Å². The molecule has 1 N–H and O–H groups in total. The largest absolute Gasteiger partial charge is 0.396 e. The van der Waals surface area contributed by atoms with Crippen LogP contribution in [0.5, 0.6) is 0 Å². The van der Waals surface area contributed by atoms with Gasteiger partial charge in [0, 0.05) is 25.6 Å². The van der Waals surface area contributed by atoms with Crippen LogP contribution in [0.15, 0.2) is 0 Å². The highest BCUT2D eigenvalue weighted by Crippen LogP contribution is 2.10. The van der Waals surface area contributed by atoms with Crippen molar-refractivity contribution >= 4 is 22.5 Å². The van der Waals surface area contributed by atoms with Crippen LogP contribution in [0, 0.1) is 0 Å². The zero-order chi connectivity index (χ0) is 11.9.